The van der Waals surface area contributed by atoms with E-state index in [0.717, 1.165) is 39.5 Å². The molecular weight excluding hydrogens is 482 g/mol. The molecule has 2 aromatic heterocycles. The number of aromatic nitrogens is 3. The van der Waals surface area contributed by atoms with Crippen molar-refractivity contribution in [3.05, 3.63) is 151 Å². The summed E-state index contributed by atoms with van der Waals surface area (Å²) in [5, 5.41) is 4.95. The molecule has 190 valence electrons. The Hall–Kier alpha value is -5.16. The van der Waals surface area contributed by atoms with E-state index in [0.29, 0.717) is 24.7 Å². The molecule has 0 unspecified atom stereocenters. The molecule has 0 atom stereocenters. The van der Waals surface area contributed by atoms with Gasteiger partial charge in [0.05, 0.1) is 29.0 Å². The third kappa shape index (κ3) is 5.73. The molecule has 0 spiro atoms. The van der Waals surface area contributed by atoms with Crippen LogP contribution in [-0.4, -0.2) is 14.8 Å². The zero-order valence-electron chi connectivity index (χ0n) is 21.4. The van der Waals surface area contributed by atoms with Crippen molar-refractivity contribution in [1.82, 2.24) is 14.8 Å². The molecule has 39 heavy (non-hydrogen) atoms. The topological polar surface area (TPSA) is 49.2 Å². The van der Waals surface area contributed by atoms with Crippen molar-refractivity contribution in [3.63, 3.8) is 0 Å². The van der Waals surface area contributed by atoms with Crippen molar-refractivity contribution in [2.24, 2.45) is 0 Å². The van der Waals surface area contributed by atoms with E-state index < -0.39 is 0 Å². The van der Waals surface area contributed by atoms with E-state index in [-0.39, 0.29) is 0 Å². The number of para-hydroxylation sites is 1. The minimum atomic E-state index is 0.416. The molecule has 0 amide bonds. The first-order chi connectivity index (χ1) is 19.3. The van der Waals surface area contributed by atoms with Gasteiger partial charge in [-0.1, -0.05) is 109 Å². The predicted molar refractivity (Wildman–Crippen MR) is 154 cm³/mol. The molecule has 0 fully saturated rings. The Labute approximate surface area is 228 Å². The summed E-state index contributed by atoms with van der Waals surface area (Å²) in [7, 11) is 0. The van der Waals surface area contributed by atoms with Crippen molar-refractivity contribution in [1.29, 1.82) is 0 Å². The van der Waals surface area contributed by atoms with Gasteiger partial charge >= 0.3 is 0 Å². The Morgan fingerprint density at radius 1 is 0.538 bits per heavy atom. The van der Waals surface area contributed by atoms with Gasteiger partial charge in [-0.3, -0.25) is 4.98 Å². The Morgan fingerprint density at radius 2 is 1.08 bits per heavy atom. The molecule has 0 saturated carbocycles. The van der Waals surface area contributed by atoms with Gasteiger partial charge in [-0.25, -0.2) is 4.68 Å². The quantitative estimate of drug-likeness (QED) is 0.200. The smallest absolute Gasteiger partial charge is 0.179 e. The minimum absolute atomic E-state index is 0.416. The average molecular weight is 510 g/mol. The number of benzene rings is 4. The maximum atomic E-state index is 6.32. The summed E-state index contributed by atoms with van der Waals surface area (Å²) in [4.78, 5) is 4.80. The molecule has 5 nitrogen and oxygen atoms in total. The number of ether oxygens (including phenoxy) is 2. The third-order valence-corrected chi connectivity index (χ3v) is 6.35. The molecule has 0 aliphatic rings. The van der Waals surface area contributed by atoms with E-state index in [1.54, 1.807) is 6.20 Å². The summed E-state index contributed by atoms with van der Waals surface area (Å²) in [5.41, 5.74) is 6.61. The maximum Gasteiger partial charge on any atom is 0.179 e. The van der Waals surface area contributed by atoms with Crippen LogP contribution in [0, 0.1) is 0 Å². The second-order valence-electron chi connectivity index (χ2n) is 9.09. The van der Waals surface area contributed by atoms with Crippen molar-refractivity contribution in [2.75, 3.05) is 0 Å². The standard InChI is InChI=1S/C34H27N3O2/c1-5-13-26(14-6-1)24-38-33-22-31(35-23-34(33)39-25-27-15-7-2-8-16-27)32-21-30(28-17-9-3-10-18-28)36-37(32)29-19-11-4-12-20-29/h1-23H,24-25H2. The van der Waals surface area contributed by atoms with Crippen LogP contribution in [0.15, 0.2) is 140 Å². The molecule has 0 aliphatic carbocycles. The minimum Gasteiger partial charge on any atom is -0.485 e. The summed E-state index contributed by atoms with van der Waals surface area (Å²) < 4.78 is 14.4. The summed E-state index contributed by atoms with van der Waals surface area (Å²) in [6.07, 6.45) is 1.74. The molecular formula is C34H27N3O2. The van der Waals surface area contributed by atoms with Crippen LogP contribution < -0.4 is 9.47 Å². The Balaban J connectivity index is 1.39. The summed E-state index contributed by atoms with van der Waals surface area (Å²) in [5.74, 6) is 1.22. The maximum absolute atomic E-state index is 6.32. The van der Waals surface area contributed by atoms with Crippen LogP contribution in [0.5, 0.6) is 11.5 Å². The Morgan fingerprint density at radius 3 is 1.69 bits per heavy atom. The number of hydrogen-bond donors (Lipinski definition) is 0. The van der Waals surface area contributed by atoms with Crippen LogP contribution in [0.2, 0.25) is 0 Å². The fraction of sp³-hybridized carbons (Fsp3) is 0.0588. The fourth-order valence-electron chi connectivity index (χ4n) is 4.34. The van der Waals surface area contributed by atoms with Crippen molar-refractivity contribution >= 4 is 0 Å². The van der Waals surface area contributed by atoms with Crippen LogP contribution in [0.3, 0.4) is 0 Å². The van der Waals surface area contributed by atoms with Gasteiger partial charge in [-0.2, -0.15) is 5.10 Å². The Kier molecular flexibility index (Phi) is 7.12. The zero-order valence-corrected chi connectivity index (χ0v) is 21.4. The van der Waals surface area contributed by atoms with Gasteiger partial charge < -0.3 is 9.47 Å². The first-order valence-electron chi connectivity index (χ1n) is 12.9. The molecule has 0 radical (unpaired) electrons. The van der Waals surface area contributed by atoms with E-state index >= 15 is 0 Å². The highest BCUT2D eigenvalue weighted by Gasteiger charge is 2.17. The second-order valence-corrected chi connectivity index (χ2v) is 9.09. The number of pyridine rings is 1. The zero-order chi connectivity index (χ0) is 26.3. The summed E-state index contributed by atoms with van der Waals surface area (Å²) in [6.45, 7) is 0.836. The van der Waals surface area contributed by atoms with E-state index in [4.69, 9.17) is 19.6 Å². The lowest BCUT2D eigenvalue weighted by Crippen LogP contribution is -2.03. The van der Waals surface area contributed by atoms with Crippen molar-refractivity contribution in [2.45, 2.75) is 13.2 Å². The molecule has 0 saturated heterocycles. The van der Waals surface area contributed by atoms with E-state index in [1.807, 2.05) is 120 Å². The second kappa shape index (κ2) is 11.5. The lowest BCUT2D eigenvalue weighted by atomic mass is 10.1. The number of nitrogens with zero attached hydrogens (tertiary/aromatic N) is 3. The van der Waals surface area contributed by atoms with Gasteiger partial charge in [-0.15, -0.1) is 0 Å². The molecule has 0 N–H and O–H groups in total. The largest absolute Gasteiger partial charge is 0.485 e. The van der Waals surface area contributed by atoms with Crippen LogP contribution in [0.4, 0.5) is 0 Å². The summed E-state index contributed by atoms with van der Waals surface area (Å²) in [6, 6.07) is 44.4. The first-order valence-corrected chi connectivity index (χ1v) is 12.9. The molecule has 5 heteroatoms. The van der Waals surface area contributed by atoms with Crippen LogP contribution in [-0.2, 0) is 13.2 Å². The van der Waals surface area contributed by atoms with Crippen molar-refractivity contribution < 1.29 is 9.47 Å². The Bertz CT molecular complexity index is 1630. The number of hydrogen-bond acceptors (Lipinski definition) is 4. The van der Waals surface area contributed by atoms with Gasteiger partial charge in [0.25, 0.3) is 0 Å². The lowest BCUT2D eigenvalue weighted by molar-refractivity contribution is 0.255. The van der Waals surface area contributed by atoms with Gasteiger partial charge in [0.15, 0.2) is 11.5 Å². The highest BCUT2D eigenvalue weighted by molar-refractivity contribution is 5.70. The van der Waals surface area contributed by atoms with E-state index in [2.05, 4.69) is 18.2 Å². The monoisotopic (exact) mass is 509 g/mol. The third-order valence-electron chi connectivity index (χ3n) is 6.35. The van der Waals surface area contributed by atoms with Crippen LogP contribution in [0.1, 0.15) is 11.1 Å². The SMILES string of the molecule is c1ccc(COc2cnc(-c3cc(-c4ccccc4)nn3-c3ccccc3)cc2OCc2ccccc2)cc1. The lowest BCUT2D eigenvalue weighted by Gasteiger charge is -2.15. The predicted octanol–water partition coefficient (Wildman–Crippen LogP) is 7.76. The average Bonchev–Trinajstić information content (AvgIpc) is 3.47. The molecule has 4 aromatic carbocycles. The van der Waals surface area contributed by atoms with Crippen molar-refractivity contribution in [3.8, 4) is 39.8 Å². The molecule has 0 aliphatic heterocycles. The highest BCUT2D eigenvalue weighted by Crippen LogP contribution is 2.34. The molecule has 6 rings (SSSR count). The van der Waals surface area contributed by atoms with E-state index in [9.17, 15) is 0 Å². The molecule has 2 heterocycles. The van der Waals surface area contributed by atoms with Gasteiger partial charge in [-0.05, 0) is 29.3 Å². The normalized spacial score (nSPS) is 10.8. The first kappa shape index (κ1) is 24.2. The van der Waals surface area contributed by atoms with E-state index in [1.165, 1.54) is 0 Å². The fourth-order valence-corrected chi connectivity index (χ4v) is 4.34. The molecule has 6 aromatic rings. The van der Waals surface area contributed by atoms with Gasteiger partial charge in [0.1, 0.15) is 13.2 Å². The number of rotatable bonds is 9. The molecule has 0 bridgehead atoms. The summed E-state index contributed by atoms with van der Waals surface area (Å²) >= 11 is 0. The highest BCUT2D eigenvalue weighted by atomic mass is 16.5. The van der Waals surface area contributed by atoms with Gasteiger partial charge in [0, 0.05) is 11.6 Å². The van der Waals surface area contributed by atoms with Crippen LogP contribution in [0.25, 0.3) is 28.3 Å². The van der Waals surface area contributed by atoms with Crippen LogP contribution >= 0.6 is 0 Å². The van der Waals surface area contributed by atoms with Gasteiger partial charge in [0.2, 0.25) is 0 Å².